The van der Waals surface area contributed by atoms with Gasteiger partial charge in [-0.15, -0.1) is 12.4 Å². The third kappa shape index (κ3) is 6.84. The molecule has 3 N–H and O–H groups in total. The summed E-state index contributed by atoms with van der Waals surface area (Å²) in [6.07, 6.45) is 3.63. The molecule has 0 fully saturated rings. The van der Waals surface area contributed by atoms with E-state index in [1.807, 2.05) is 25.4 Å². The molecular weight excluding hydrogens is 591 g/mol. The van der Waals surface area contributed by atoms with Crippen molar-refractivity contribution < 1.29 is 19.1 Å². The number of benzene rings is 2. The number of nitrogens with one attached hydrogen (secondary N) is 1. The molecule has 216 valence electrons. The Hall–Kier alpha value is -3.99. The monoisotopic (exact) mass is 618 g/mol. The van der Waals surface area contributed by atoms with Crippen molar-refractivity contribution >= 4 is 64.8 Å². The maximum Gasteiger partial charge on any atom is 0.312 e. The molecule has 41 heavy (non-hydrogen) atoms. The average Bonchev–Trinajstić information content (AvgIpc) is 3.30. The van der Waals surface area contributed by atoms with Crippen LogP contribution in [-0.2, 0) is 11.4 Å². The Morgan fingerprint density at radius 2 is 1.71 bits per heavy atom. The SMILES string of the molecule is Cc1cn2cc(-c3cccc(C(=O)N(C)C)c3)c(N(C)C(=O)CNC(N)=O)c(OCc3c(Cl)cccc3Cl)c2n1.Cl. The molecule has 0 spiro atoms. The molecule has 0 bridgehead atoms. The number of aryl methyl sites for hydroxylation is 1. The van der Waals surface area contributed by atoms with Gasteiger partial charge in [-0.1, -0.05) is 41.4 Å². The zero-order chi connectivity index (χ0) is 29.1. The predicted molar refractivity (Wildman–Crippen MR) is 162 cm³/mol. The molecule has 0 saturated heterocycles. The number of carbonyl (C=O) groups is 3. The molecule has 2 heterocycles. The number of hydrogen-bond acceptors (Lipinski definition) is 5. The molecule has 4 aromatic rings. The van der Waals surface area contributed by atoms with Crippen molar-refractivity contribution in [3.05, 3.63) is 81.7 Å². The Labute approximate surface area is 253 Å². The Morgan fingerprint density at radius 1 is 1.05 bits per heavy atom. The van der Waals surface area contributed by atoms with Crippen LogP contribution in [0.25, 0.3) is 16.8 Å². The Kier molecular flexibility index (Phi) is 10.1. The van der Waals surface area contributed by atoms with E-state index in [4.69, 9.17) is 33.7 Å². The summed E-state index contributed by atoms with van der Waals surface area (Å²) in [5, 5.41) is 3.17. The van der Waals surface area contributed by atoms with Crippen LogP contribution in [0, 0.1) is 6.92 Å². The minimum atomic E-state index is -0.832. The number of likely N-dealkylation sites (N-methyl/N-ethyl adjacent to an activating group) is 1. The normalized spacial score (nSPS) is 10.6. The summed E-state index contributed by atoms with van der Waals surface area (Å²) in [6.45, 7) is 1.47. The van der Waals surface area contributed by atoms with E-state index in [0.29, 0.717) is 49.3 Å². The van der Waals surface area contributed by atoms with Crippen LogP contribution in [0.5, 0.6) is 5.75 Å². The third-order valence-corrected chi connectivity index (χ3v) is 6.88. The third-order valence-electron chi connectivity index (χ3n) is 6.17. The number of nitrogens with two attached hydrogens (primary N) is 1. The second kappa shape index (κ2) is 13.1. The van der Waals surface area contributed by atoms with E-state index in [1.54, 1.807) is 61.9 Å². The van der Waals surface area contributed by atoms with Crippen molar-refractivity contribution in [2.75, 3.05) is 32.6 Å². The molecule has 13 heteroatoms. The summed E-state index contributed by atoms with van der Waals surface area (Å²) in [4.78, 5) is 44.8. The number of rotatable bonds is 8. The molecule has 0 aliphatic carbocycles. The van der Waals surface area contributed by atoms with Crippen LogP contribution in [0.1, 0.15) is 21.6 Å². The first-order valence-electron chi connectivity index (χ1n) is 12.2. The molecule has 0 aliphatic rings. The summed E-state index contributed by atoms with van der Waals surface area (Å²) in [6, 6.07) is 11.4. The van der Waals surface area contributed by atoms with Gasteiger partial charge in [0.1, 0.15) is 6.61 Å². The lowest BCUT2D eigenvalue weighted by Crippen LogP contribution is -2.40. The van der Waals surface area contributed by atoms with E-state index in [2.05, 4.69) is 10.3 Å². The number of nitrogens with zero attached hydrogens (tertiary/aromatic N) is 4. The Balaban J connectivity index is 0.00000462. The number of aromatic nitrogens is 2. The predicted octanol–water partition coefficient (Wildman–Crippen LogP) is 4.95. The number of hydrogen-bond donors (Lipinski definition) is 2. The van der Waals surface area contributed by atoms with Gasteiger partial charge in [0.05, 0.1) is 17.9 Å². The number of primary amides is 1. The molecule has 4 amide bonds. The van der Waals surface area contributed by atoms with E-state index in [9.17, 15) is 14.4 Å². The van der Waals surface area contributed by atoms with Gasteiger partial charge in [-0.2, -0.15) is 0 Å². The highest BCUT2D eigenvalue weighted by Crippen LogP contribution is 2.42. The maximum absolute atomic E-state index is 13.2. The molecule has 2 aromatic heterocycles. The molecule has 0 radical (unpaired) electrons. The molecule has 2 aromatic carbocycles. The summed E-state index contributed by atoms with van der Waals surface area (Å²) in [7, 11) is 4.90. The fourth-order valence-corrected chi connectivity index (χ4v) is 4.69. The van der Waals surface area contributed by atoms with Gasteiger partial charge in [0.2, 0.25) is 5.91 Å². The van der Waals surface area contributed by atoms with Crippen LogP contribution in [0.2, 0.25) is 10.0 Å². The zero-order valence-corrected chi connectivity index (χ0v) is 25.1. The van der Waals surface area contributed by atoms with Gasteiger partial charge in [0.15, 0.2) is 11.4 Å². The number of carbonyl (C=O) groups excluding carboxylic acids is 3. The lowest BCUT2D eigenvalue weighted by atomic mass is 10.0. The number of anilines is 1. The fraction of sp³-hybridized carbons (Fsp3) is 0.214. The lowest BCUT2D eigenvalue weighted by molar-refractivity contribution is -0.117. The molecular formula is C28H29Cl3N6O4. The van der Waals surface area contributed by atoms with E-state index < -0.39 is 11.9 Å². The smallest absolute Gasteiger partial charge is 0.312 e. The summed E-state index contributed by atoms with van der Waals surface area (Å²) >= 11 is 12.8. The quantitative estimate of drug-likeness (QED) is 0.289. The maximum atomic E-state index is 13.2. The highest BCUT2D eigenvalue weighted by atomic mass is 35.5. The average molecular weight is 620 g/mol. The first kappa shape index (κ1) is 31.5. The molecule has 4 rings (SSSR count). The summed E-state index contributed by atoms with van der Waals surface area (Å²) in [5.41, 5.74) is 8.98. The van der Waals surface area contributed by atoms with Crippen LogP contribution in [0.3, 0.4) is 0 Å². The van der Waals surface area contributed by atoms with E-state index >= 15 is 0 Å². The highest BCUT2D eigenvalue weighted by Gasteiger charge is 2.26. The fourth-order valence-electron chi connectivity index (χ4n) is 4.19. The van der Waals surface area contributed by atoms with Crippen molar-refractivity contribution in [1.29, 1.82) is 0 Å². The number of fused-ring (bicyclic) bond motifs is 1. The molecule has 0 aliphatic heterocycles. The van der Waals surface area contributed by atoms with E-state index in [-0.39, 0.29) is 37.2 Å². The van der Waals surface area contributed by atoms with Crippen molar-refractivity contribution in [2.45, 2.75) is 13.5 Å². The number of urea groups is 1. The molecule has 10 nitrogen and oxygen atoms in total. The lowest BCUT2D eigenvalue weighted by Gasteiger charge is -2.25. The van der Waals surface area contributed by atoms with Gasteiger partial charge in [0, 0.05) is 60.3 Å². The molecule has 0 atom stereocenters. The van der Waals surface area contributed by atoms with E-state index in [1.165, 1.54) is 9.80 Å². The first-order chi connectivity index (χ1) is 19.0. The second-order valence-electron chi connectivity index (χ2n) is 9.27. The van der Waals surface area contributed by atoms with Crippen LogP contribution in [0.4, 0.5) is 10.5 Å². The minimum absolute atomic E-state index is 0. The summed E-state index contributed by atoms with van der Waals surface area (Å²) in [5.74, 6) is -0.363. The molecule has 0 saturated carbocycles. The second-order valence-corrected chi connectivity index (χ2v) is 10.1. The standard InChI is InChI=1S/C28H28Cl2N6O4.ClH/c1-16-13-36-14-19(17-7-5-8-18(11-17)27(38)34(2)3)24(35(4)23(37)12-32-28(31)39)25(26(36)33-16)40-15-20-21(29)9-6-10-22(20)30;/h5-11,13-14H,12,15H2,1-4H3,(H3,31,32,39);1H. The van der Waals surface area contributed by atoms with Gasteiger partial charge < -0.3 is 30.0 Å². The minimum Gasteiger partial charge on any atom is -0.483 e. The van der Waals surface area contributed by atoms with Crippen LogP contribution < -0.4 is 20.7 Å². The van der Waals surface area contributed by atoms with Crippen molar-refractivity contribution in [1.82, 2.24) is 19.6 Å². The van der Waals surface area contributed by atoms with Gasteiger partial charge in [-0.05, 0) is 36.8 Å². The highest BCUT2D eigenvalue weighted by molar-refractivity contribution is 6.36. The zero-order valence-electron chi connectivity index (χ0n) is 22.8. The topological polar surface area (TPSA) is 122 Å². The first-order valence-corrected chi connectivity index (χ1v) is 12.9. The number of pyridine rings is 1. The van der Waals surface area contributed by atoms with E-state index in [0.717, 1.165) is 0 Å². The van der Waals surface area contributed by atoms with Gasteiger partial charge >= 0.3 is 6.03 Å². The van der Waals surface area contributed by atoms with Crippen LogP contribution in [0.15, 0.2) is 54.9 Å². The van der Waals surface area contributed by atoms with Gasteiger partial charge in [-0.25, -0.2) is 9.78 Å². The Bertz CT molecular complexity index is 1600. The van der Waals surface area contributed by atoms with Crippen LogP contribution >= 0.6 is 35.6 Å². The van der Waals surface area contributed by atoms with Crippen molar-refractivity contribution in [3.63, 3.8) is 0 Å². The van der Waals surface area contributed by atoms with Gasteiger partial charge in [0.25, 0.3) is 5.91 Å². The number of amides is 4. The van der Waals surface area contributed by atoms with Crippen LogP contribution in [-0.4, -0.2) is 59.8 Å². The largest absolute Gasteiger partial charge is 0.483 e. The molecule has 0 unspecified atom stereocenters. The Morgan fingerprint density at radius 3 is 2.34 bits per heavy atom. The van der Waals surface area contributed by atoms with Gasteiger partial charge in [-0.3, -0.25) is 9.59 Å². The summed E-state index contributed by atoms with van der Waals surface area (Å²) < 4.78 is 8.14. The van der Waals surface area contributed by atoms with Crippen molar-refractivity contribution in [3.8, 4) is 16.9 Å². The number of halogens is 3. The number of ether oxygens (including phenoxy) is 1. The number of imidazole rings is 1. The van der Waals surface area contributed by atoms with Crippen molar-refractivity contribution in [2.24, 2.45) is 5.73 Å².